The van der Waals surface area contributed by atoms with Gasteiger partial charge in [-0.15, -0.1) is 0 Å². The molecule has 8 heteroatoms. The molecule has 0 fully saturated rings. The van der Waals surface area contributed by atoms with Crippen LogP contribution in [0.2, 0.25) is 0 Å². The van der Waals surface area contributed by atoms with Crippen molar-refractivity contribution in [3.63, 3.8) is 0 Å². The zero-order valence-electron chi connectivity index (χ0n) is 5.93. The van der Waals surface area contributed by atoms with Crippen LogP contribution in [0.1, 0.15) is 0 Å². The van der Waals surface area contributed by atoms with E-state index in [9.17, 15) is 0 Å². The third-order valence-electron chi connectivity index (χ3n) is 0. The van der Waals surface area contributed by atoms with Gasteiger partial charge in [-0.3, -0.25) is 0 Å². The molecule has 0 bridgehead atoms. The summed E-state index contributed by atoms with van der Waals surface area (Å²) in [5.74, 6) is 2.50. The van der Waals surface area contributed by atoms with Gasteiger partial charge in [-0.25, -0.2) is 14.2 Å². The molecule has 0 heterocycles. The highest BCUT2D eigenvalue weighted by atomic mass is 31.2. The van der Waals surface area contributed by atoms with Gasteiger partial charge in [-0.1, -0.05) is 0 Å². The molecule has 0 rings (SSSR count). The van der Waals surface area contributed by atoms with Gasteiger partial charge in [0.1, 0.15) is 11.9 Å². The normalized spacial score (nSPS) is 6.25. The number of rotatable bonds is 0. The van der Waals surface area contributed by atoms with Crippen LogP contribution in [0.3, 0.4) is 0 Å². The molecule has 72 valence electrons. The van der Waals surface area contributed by atoms with E-state index in [4.69, 9.17) is 28.8 Å². The van der Waals surface area contributed by atoms with Crippen LogP contribution < -0.4 is 0 Å². The van der Waals surface area contributed by atoms with E-state index >= 15 is 0 Å². The summed E-state index contributed by atoms with van der Waals surface area (Å²) in [6, 6.07) is 0. The smallest absolute Gasteiger partial charge is 0.412 e. The average Bonchev–Trinajstić information content (AvgIpc) is 1.62. The van der Waals surface area contributed by atoms with Crippen LogP contribution in [-0.2, 0) is 14.2 Å². The Hall–Kier alpha value is -1.03. The minimum absolute atomic E-state index is 0. The van der Waals surface area contributed by atoms with E-state index in [-0.39, 0.29) is 5.48 Å². The fourth-order valence-electron chi connectivity index (χ4n) is 0. The highest BCUT2D eigenvalue weighted by Crippen LogP contribution is 2.25. The third-order valence-corrected chi connectivity index (χ3v) is 0. The van der Waals surface area contributed by atoms with Gasteiger partial charge in [0.15, 0.2) is 0 Å². The van der Waals surface area contributed by atoms with E-state index in [0.717, 1.165) is 0 Å². The molecular formula is C4H9O7P. The third kappa shape index (κ3) is 537. The van der Waals surface area contributed by atoms with E-state index < -0.39 is 7.82 Å². The van der Waals surface area contributed by atoms with Crippen molar-refractivity contribution in [3.05, 3.63) is 13.2 Å². The molecule has 0 aliphatic rings. The summed E-state index contributed by atoms with van der Waals surface area (Å²) in [7, 11) is -4.64. The minimum atomic E-state index is -4.64. The maximum atomic E-state index is 8.88. The van der Waals surface area contributed by atoms with Crippen molar-refractivity contribution in [2.24, 2.45) is 0 Å². The van der Waals surface area contributed by atoms with Gasteiger partial charge in [-0.05, 0) is 13.2 Å². The van der Waals surface area contributed by atoms with E-state index in [1.807, 2.05) is 0 Å². The summed E-state index contributed by atoms with van der Waals surface area (Å²) in [6.45, 7) is 5.36. The summed E-state index contributed by atoms with van der Waals surface area (Å²) in [6.07, 6.45) is 0. The zero-order chi connectivity index (χ0) is 9.91. The van der Waals surface area contributed by atoms with Crippen molar-refractivity contribution < 1.29 is 34.3 Å². The Morgan fingerprint density at radius 1 is 1.00 bits per heavy atom. The van der Waals surface area contributed by atoms with E-state index in [0.29, 0.717) is 0 Å². The van der Waals surface area contributed by atoms with Gasteiger partial charge >= 0.3 is 7.82 Å². The minimum Gasteiger partial charge on any atom is -0.412 e. The lowest BCUT2D eigenvalue weighted by Crippen LogP contribution is -1.66. The monoisotopic (exact) mass is 200 g/mol. The Balaban J connectivity index is -0.0000000406. The molecule has 0 aliphatic carbocycles. The SMILES string of the molecule is C=C=O.C=C=O.O.O=P(O)(O)O. The van der Waals surface area contributed by atoms with Gasteiger partial charge in [-0.2, -0.15) is 0 Å². The molecule has 12 heavy (non-hydrogen) atoms. The molecule has 0 aromatic carbocycles. The number of hydrogen-bond donors (Lipinski definition) is 3. The van der Waals surface area contributed by atoms with Gasteiger partial charge < -0.3 is 20.2 Å². The first kappa shape index (κ1) is 22.4. The lowest BCUT2D eigenvalue weighted by molar-refractivity contribution is 0.275. The van der Waals surface area contributed by atoms with Crippen LogP contribution >= 0.6 is 7.82 Å². The zero-order valence-corrected chi connectivity index (χ0v) is 6.82. The number of phosphoric acid groups is 1. The molecule has 0 radical (unpaired) electrons. The van der Waals surface area contributed by atoms with E-state index in [1.54, 1.807) is 0 Å². The van der Waals surface area contributed by atoms with Crippen LogP contribution in [0.25, 0.3) is 0 Å². The largest absolute Gasteiger partial charge is 0.466 e. The van der Waals surface area contributed by atoms with Crippen molar-refractivity contribution in [1.82, 2.24) is 0 Å². The molecule has 5 N–H and O–H groups in total. The molecule has 0 aromatic heterocycles. The molecule has 7 nitrogen and oxygen atoms in total. The summed E-state index contributed by atoms with van der Waals surface area (Å²) in [4.78, 5) is 38.7. The van der Waals surface area contributed by atoms with Crippen molar-refractivity contribution in [3.8, 4) is 0 Å². The Morgan fingerprint density at radius 2 is 1.00 bits per heavy atom. The average molecular weight is 200 g/mol. The maximum absolute atomic E-state index is 8.88. The Bertz CT molecular complexity index is 159. The van der Waals surface area contributed by atoms with Crippen molar-refractivity contribution in [1.29, 1.82) is 0 Å². The van der Waals surface area contributed by atoms with Crippen molar-refractivity contribution >= 4 is 19.7 Å². The van der Waals surface area contributed by atoms with Gasteiger partial charge in [0.05, 0.1) is 0 Å². The molecule has 0 amide bonds. The topological polar surface area (TPSA) is 143 Å². The summed E-state index contributed by atoms with van der Waals surface area (Å²) in [5, 5.41) is 0. The Morgan fingerprint density at radius 3 is 1.00 bits per heavy atom. The van der Waals surface area contributed by atoms with Gasteiger partial charge in [0.25, 0.3) is 0 Å². The molecule has 0 saturated heterocycles. The fourth-order valence-corrected chi connectivity index (χ4v) is 0. The predicted molar refractivity (Wildman–Crippen MR) is 40.5 cm³/mol. The Labute approximate surface area is 68.2 Å². The summed E-state index contributed by atoms with van der Waals surface area (Å²) < 4.78 is 8.88. The standard InChI is InChI=1S/2C2H2O.H3O4P.H2O/c2*1-2-3;1-5(2,3)4;/h2*1H2;(H3,1,2,3,4);1H2. The van der Waals surface area contributed by atoms with Crippen LogP contribution in [0, 0.1) is 0 Å². The lowest BCUT2D eigenvalue weighted by atomic mass is 11.2. The molecule has 0 aliphatic heterocycles. The first-order chi connectivity index (χ1) is 4.83. The maximum Gasteiger partial charge on any atom is 0.466 e. The second kappa shape index (κ2) is 16.5. The summed E-state index contributed by atoms with van der Waals surface area (Å²) in [5.41, 5.74) is 0. The van der Waals surface area contributed by atoms with Crippen LogP contribution in [-0.4, -0.2) is 32.0 Å². The lowest BCUT2D eigenvalue weighted by Gasteiger charge is -1.82. The fraction of sp³-hybridized carbons (Fsp3) is 0. The van der Waals surface area contributed by atoms with E-state index in [1.165, 1.54) is 11.9 Å². The van der Waals surface area contributed by atoms with Crippen molar-refractivity contribution in [2.75, 3.05) is 0 Å². The first-order valence-corrected chi connectivity index (χ1v) is 3.46. The quantitative estimate of drug-likeness (QED) is 0.312. The summed E-state index contributed by atoms with van der Waals surface area (Å²) >= 11 is 0. The van der Waals surface area contributed by atoms with Gasteiger partial charge in [0.2, 0.25) is 0 Å². The van der Waals surface area contributed by atoms with Crippen molar-refractivity contribution in [2.45, 2.75) is 0 Å². The molecule has 0 saturated carbocycles. The molecule has 0 atom stereocenters. The Kier molecular flexibility index (Phi) is 30.9. The van der Waals surface area contributed by atoms with E-state index in [2.05, 4.69) is 13.2 Å². The van der Waals surface area contributed by atoms with Gasteiger partial charge in [0, 0.05) is 0 Å². The number of carbonyl (C=O) groups excluding carboxylic acids is 2. The molecule has 0 unspecified atom stereocenters. The molecule has 0 spiro atoms. The highest BCUT2D eigenvalue weighted by Gasteiger charge is 2.00. The second-order valence-electron chi connectivity index (χ2n) is 0.802. The second-order valence-corrected chi connectivity index (χ2v) is 1.83. The first-order valence-electron chi connectivity index (χ1n) is 1.90. The van der Waals surface area contributed by atoms with Crippen LogP contribution in [0.5, 0.6) is 0 Å². The molecular weight excluding hydrogens is 191 g/mol. The van der Waals surface area contributed by atoms with Crippen LogP contribution in [0.15, 0.2) is 13.2 Å². The number of hydrogen-bond acceptors (Lipinski definition) is 3. The van der Waals surface area contributed by atoms with Crippen LogP contribution in [0.4, 0.5) is 0 Å². The highest BCUT2D eigenvalue weighted by molar-refractivity contribution is 7.45. The predicted octanol–water partition coefficient (Wildman–Crippen LogP) is -1.75. The molecule has 0 aromatic rings.